The van der Waals surface area contributed by atoms with Gasteiger partial charge in [-0.25, -0.2) is 9.67 Å². The molecule has 1 atom stereocenters. The van der Waals surface area contributed by atoms with Gasteiger partial charge < -0.3 is 10.6 Å². The Morgan fingerprint density at radius 2 is 2.21 bits per heavy atom. The zero-order chi connectivity index (χ0) is 19.5. The molecule has 3 aromatic heterocycles. The molecule has 0 saturated carbocycles. The first-order valence-corrected chi connectivity index (χ1v) is 9.83. The number of aromatic nitrogens is 6. The fourth-order valence-electron chi connectivity index (χ4n) is 3.43. The molecule has 1 aliphatic rings. The molecular formula is C19H27N9. The topological polar surface area (TPSA) is 97.3 Å². The molecule has 4 heterocycles. The van der Waals surface area contributed by atoms with Crippen molar-refractivity contribution in [3.05, 3.63) is 41.9 Å². The number of rotatable bonds is 5. The Bertz CT molecular complexity index is 969. The van der Waals surface area contributed by atoms with E-state index in [1.165, 1.54) is 0 Å². The van der Waals surface area contributed by atoms with E-state index in [0.717, 1.165) is 61.4 Å². The van der Waals surface area contributed by atoms with E-state index in [-0.39, 0.29) is 6.04 Å². The van der Waals surface area contributed by atoms with Gasteiger partial charge in [0.2, 0.25) is 0 Å². The van der Waals surface area contributed by atoms with E-state index >= 15 is 0 Å². The van der Waals surface area contributed by atoms with Gasteiger partial charge in [-0.15, -0.1) is 10.2 Å². The molecule has 0 fully saturated rings. The molecule has 0 radical (unpaired) electrons. The standard InChI is InChI=1S/C19H27N9/c1-13(2)18-23-15-8-7-14(12-28(15)26-18)22-19(20-3)21-10-9-17-25-24-16-6-4-5-11-27(16)17/h4-6,11,13-14H,7-10,12H2,1-3H3,(H2,20,21,22). The third-order valence-electron chi connectivity index (χ3n) is 4.98. The average molecular weight is 381 g/mol. The number of hydrogen-bond donors (Lipinski definition) is 2. The summed E-state index contributed by atoms with van der Waals surface area (Å²) >= 11 is 0. The highest BCUT2D eigenvalue weighted by molar-refractivity contribution is 5.79. The van der Waals surface area contributed by atoms with Crippen molar-refractivity contribution in [3.8, 4) is 0 Å². The molecule has 9 nitrogen and oxygen atoms in total. The van der Waals surface area contributed by atoms with Crippen molar-refractivity contribution in [2.24, 2.45) is 4.99 Å². The first-order valence-electron chi connectivity index (χ1n) is 9.83. The molecule has 1 unspecified atom stereocenters. The van der Waals surface area contributed by atoms with E-state index in [1.807, 2.05) is 33.5 Å². The summed E-state index contributed by atoms with van der Waals surface area (Å²) in [6, 6.07) is 6.19. The maximum Gasteiger partial charge on any atom is 0.191 e. The van der Waals surface area contributed by atoms with Crippen LogP contribution in [0.4, 0.5) is 0 Å². The highest BCUT2D eigenvalue weighted by Crippen LogP contribution is 2.16. The Morgan fingerprint density at radius 1 is 1.32 bits per heavy atom. The predicted octanol–water partition coefficient (Wildman–Crippen LogP) is 1.17. The Labute approximate surface area is 164 Å². The highest BCUT2D eigenvalue weighted by atomic mass is 15.4. The summed E-state index contributed by atoms with van der Waals surface area (Å²) in [4.78, 5) is 9.01. The van der Waals surface area contributed by atoms with E-state index in [1.54, 1.807) is 7.05 Å². The van der Waals surface area contributed by atoms with Crippen molar-refractivity contribution < 1.29 is 0 Å². The van der Waals surface area contributed by atoms with Gasteiger partial charge in [-0.05, 0) is 18.6 Å². The van der Waals surface area contributed by atoms with Crippen LogP contribution in [0, 0.1) is 0 Å². The molecule has 2 N–H and O–H groups in total. The van der Waals surface area contributed by atoms with Gasteiger partial charge in [0.05, 0.1) is 6.54 Å². The second-order valence-corrected chi connectivity index (χ2v) is 7.40. The van der Waals surface area contributed by atoms with Crippen LogP contribution in [0.3, 0.4) is 0 Å². The van der Waals surface area contributed by atoms with E-state index in [4.69, 9.17) is 0 Å². The molecule has 0 spiro atoms. The van der Waals surface area contributed by atoms with Gasteiger partial charge in [0, 0.05) is 44.6 Å². The van der Waals surface area contributed by atoms with E-state index in [9.17, 15) is 0 Å². The van der Waals surface area contributed by atoms with Crippen molar-refractivity contribution in [3.63, 3.8) is 0 Å². The largest absolute Gasteiger partial charge is 0.356 e. The number of nitrogens with one attached hydrogen (secondary N) is 2. The Kier molecular flexibility index (Phi) is 5.23. The van der Waals surface area contributed by atoms with Gasteiger partial charge in [0.25, 0.3) is 0 Å². The molecule has 28 heavy (non-hydrogen) atoms. The van der Waals surface area contributed by atoms with E-state index < -0.39 is 0 Å². The van der Waals surface area contributed by atoms with Crippen molar-refractivity contribution in [1.82, 2.24) is 40.0 Å². The second-order valence-electron chi connectivity index (χ2n) is 7.40. The predicted molar refractivity (Wildman–Crippen MR) is 107 cm³/mol. The molecule has 0 bridgehead atoms. The zero-order valence-corrected chi connectivity index (χ0v) is 16.6. The number of fused-ring (bicyclic) bond motifs is 2. The van der Waals surface area contributed by atoms with E-state index in [2.05, 4.69) is 49.8 Å². The van der Waals surface area contributed by atoms with Gasteiger partial charge >= 0.3 is 0 Å². The Morgan fingerprint density at radius 3 is 3.04 bits per heavy atom. The fraction of sp³-hybridized carbons (Fsp3) is 0.526. The molecule has 148 valence electrons. The number of aliphatic imine (C=N–C) groups is 1. The maximum atomic E-state index is 4.65. The van der Waals surface area contributed by atoms with Crippen LogP contribution in [0.25, 0.3) is 5.65 Å². The molecule has 4 rings (SSSR count). The smallest absolute Gasteiger partial charge is 0.191 e. The lowest BCUT2D eigenvalue weighted by Crippen LogP contribution is -2.47. The van der Waals surface area contributed by atoms with Crippen LogP contribution in [0.2, 0.25) is 0 Å². The summed E-state index contributed by atoms with van der Waals surface area (Å²) in [7, 11) is 1.79. The van der Waals surface area contributed by atoms with Crippen LogP contribution in [0.1, 0.15) is 43.7 Å². The van der Waals surface area contributed by atoms with Gasteiger partial charge in [0.15, 0.2) is 17.4 Å². The van der Waals surface area contributed by atoms with Crippen LogP contribution in [-0.4, -0.2) is 55.0 Å². The minimum atomic E-state index is 0.286. The van der Waals surface area contributed by atoms with Gasteiger partial charge in [-0.3, -0.25) is 9.39 Å². The first kappa shape index (κ1) is 18.4. The normalized spacial score (nSPS) is 17.1. The first-order chi connectivity index (χ1) is 13.6. The summed E-state index contributed by atoms with van der Waals surface area (Å²) in [5.74, 6) is 4.10. The quantitative estimate of drug-likeness (QED) is 0.509. The van der Waals surface area contributed by atoms with Crippen molar-refractivity contribution >= 4 is 11.6 Å². The van der Waals surface area contributed by atoms with E-state index in [0.29, 0.717) is 5.92 Å². The zero-order valence-electron chi connectivity index (χ0n) is 16.6. The van der Waals surface area contributed by atoms with Crippen LogP contribution < -0.4 is 10.6 Å². The third-order valence-corrected chi connectivity index (χ3v) is 4.98. The number of nitrogens with zero attached hydrogens (tertiary/aromatic N) is 7. The minimum absolute atomic E-state index is 0.286. The fourth-order valence-corrected chi connectivity index (χ4v) is 3.43. The lowest BCUT2D eigenvalue weighted by Gasteiger charge is -2.25. The molecule has 0 saturated heterocycles. The van der Waals surface area contributed by atoms with Crippen LogP contribution >= 0.6 is 0 Å². The molecule has 9 heteroatoms. The highest BCUT2D eigenvalue weighted by Gasteiger charge is 2.23. The molecular weight excluding hydrogens is 354 g/mol. The van der Waals surface area contributed by atoms with Crippen LogP contribution in [-0.2, 0) is 19.4 Å². The number of guanidine groups is 1. The van der Waals surface area contributed by atoms with Crippen LogP contribution in [0.15, 0.2) is 29.4 Å². The Balaban J connectivity index is 1.31. The van der Waals surface area contributed by atoms with Crippen molar-refractivity contribution in [2.45, 2.75) is 51.6 Å². The molecule has 0 aromatic carbocycles. The number of aryl methyl sites for hydroxylation is 1. The average Bonchev–Trinajstić information content (AvgIpc) is 3.31. The SMILES string of the molecule is CN=C(NCCc1nnc2ccccn12)NC1CCc2nc(C(C)C)nn2C1. The van der Waals surface area contributed by atoms with Crippen molar-refractivity contribution in [1.29, 1.82) is 0 Å². The molecule has 0 amide bonds. The van der Waals surface area contributed by atoms with Crippen molar-refractivity contribution in [2.75, 3.05) is 13.6 Å². The van der Waals surface area contributed by atoms with Crippen LogP contribution in [0.5, 0.6) is 0 Å². The maximum absolute atomic E-state index is 4.65. The number of pyridine rings is 1. The third kappa shape index (κ3) is 3.83. The summed E-state index contributed by atoms with van der Waals surface area (Å²) in [6.07, 6.45) is 4.70. The molecule has 1 aliphatic heterocycles. The Hall–Kier alpha value is -2.97. The molecule has 0 aliphatic carbocycles. The van der Waals surface area contributed by atoms with Gasteiger partial charge in [-0.2, -0.15) is 5.10 Å². The monoisotopic (exact) mass is 381 g/mol. The second kappa shape index (κ2) is 7.95. The molecule has 3 aromatic rings. The van der Waals surface area contributed by atoms with Gasteiger partial charge in [0.1, 0.15) is 11.6 Å². The lowest BCUT2D eigenvalue weighted by atomic mass is 10.1. The summed E-state index contributed by atoms with van der Waals surface area (Å²) in [5.41, 5.74) is 0.867. The lowest BCUT2D eigenvalue weighted by molar-refractivity contribution is 0.391. The summed E-state index contributed by atoms with van der Waals surface area (Å²) in [6.45, 7) is 5.79. The number of hydrogen-bond acceptors (Lipinski definition) is 5. The minimum Gasteiger partial charge on any atom is -0.356 e. The summed E-state index contributed by atoms with van der Waals surface area (Å²) in [5, 5.41) is 20.0. The van der Waals surface area contributed by atoms with Gasteiger partial charge in [-0.1, -0.05) is 19.9 Å². The summed E-state index contributed by atoms with van der Waals surface area (Å²) < 4.78 is 4.05.